The summed E-state index contributed by atoms with van der Waals surface area (Å²) in [7, 11) is 0. The number of pyridine rings is 2. The Hall–Kier alpha value is -4.73. The van der Waals surface area contributed by atoms with E-state index in [2.05, 4.69) is 4.98 Å². The maximum atomic E-state index is 15.6. The summed E-state index contributed by atoms with van der Waals surface area (Å²) in [6, 6.07) is 11.8. The number of rotatable bonds is 5. The van der Waals surface area contributed by atoms with E-state index in [0.717, 1.165) is 60.8 Å². The number of nitriles is 1. The van der Waals surface area contributed by atoms with E-state index >= 15 is 4.39 Å². The number of nitrogens with zero attached hydrogens (tertiary/aromatic N) is 3. The fraction of sp³-hybridized carbons (Fsp3) is 0.115. The van der Waals surface area contributed by atoms with Crippen LogP contribution in [0.2, 0.25) is 0 Å². The topological polar surface area (TPSA) is 67.9 Å². The number of halogens is 8. The quantitative estimate of drug-likeness (QED) is 0.245. The summed E-state index contributed by atoms with van der Waals surface area (Å²) in [5, 5.41) is 9.25. The number of benzene rings is 2. The number of hydrogen-bond acceptors (Lipinski definition) is 4. The molecule has 1 atom stereocenters. The Balaban J connectivity index is 1.86. The fourth-order valence-electron chi connectivity index (χ4n) is 3.70. The van der Waals surface area contributed by atoms with Crippen molar-refractivity contribution in [2.45, 2.75) is 18.6 Å². The average molecular weight is 551 g/mol. The van der Waals surface area contributed by atoms with Crippen molar-refractivity contribution >= 4 is 0 Å². The molecule has 0 aliphatic heterocycles. The van der Waals surface area contributed by atoms with Crippen LogP contribution < -0.4 is 10.3 Å². The molecule has 5 nitrogen and oxygen atoms in total. The van der Waals surface area contributed by atoms with Gasteiger partial charge in [0.15, 0.2) is 0 Å². The van der Waals surface area contributed by atoms with Crippen LogP contribution in [0.25, 0.3) is 11.3 Å². The van der Waals surface area contributed by atoms with Crippen LogP contribution >= 0.6 is 0 Å². The first-order chi connectivity index (χ1) is 18.3. The zero-order valence-corrected chi connectivity index (χ0v) is 19.2. The minimum Gasteiger partial charge on any atom is -0.438 e. The van der Waals surface area contributed by atoms with Gasteiger partial charge in [0.25, 0.3) is 5.56 Å². The van der Waals surface area contributed by atoms with Crippen molar-refractivity contribution in [2.24, 2.45) is 0 Å². The van der Waals surface area contributed by atoms with Gasteiger partial charge in [-0.3, -0.25) is 9.36 Å². The van der Waals surface area contributed by atoms with Crippen molar-refractivity contribution in [1.29, 1.82) is 5.26 Å². The van der Waals surface area contributed by atoms with Gasteiger partial charge in [0.2, 0.25) is 12.2 Å². The molecule has 4 aromatic rings. The highest BCUT2D eigenvalue weighted by Gasteiger charge is 2.38. The maximum Gasteiger partial charge on any atom is 0.421 e. The number of aromatic nitrogens is 2. The zero-order valence-electron chi connectivity index (χ0n) is 19.2. The second kappa shape index (κ2) is 10.2. The highest BCUT2D eigenvalue weighted by atomic mass is 19.4. The zero-order chi connectivity index (χ0) is 28.5. The van der Waals surface area contributed by atoms with Crippen molar-refractivity contribution < 1.29 is 39.9 Å². The Morgan fingerprint density at radius 2 is 1.54 bits per heavy atom. The minimum atomic E-state index is -5.18. The first-order valence-electron chi connectivity index (χ1n) is 10.8. The van der Waals surface area contributed by atoms with E-state index in [1.165, 1.54) is 12.1 Å². The van der Waals surface area contributed by atoms with Crippen molar-refractivity contribution in [3.05, 3.63) is 111 Å². The van der Waals surface area contributed by atoms with E-state index < -0.39 is 63.9 Å². The second-order valence-corrected chi connectivity index (χ2v) is 7.94. The van der Waals surface area contributed by atoms with Gasteiger partial charge in [-0.1, -0.05) is 18.2 Å². The molecule has 2 aromatic heterocycles. The van der Waals surface area contributed by atoms with Gasteiger partial charge in [-0.05, 0) is 54.1 Å². The van der Waals surface area contributed by atoms with Gasteiger partial charge in [0.05, 0.1) is 11.3 Å². The molecule has 0 fully saturated rings. The average Bonchev–Trinajstić information content (AvgIpc) is 2.87. The third-order valence-electron chi connectivity index (χ3n) is 5.49. The molecule has 0 N–H and O–H groups in total. The van der Waals surface area contributed by atoms with E-state index in [1.54, 1.807) is 0 Å². The molecular formula is C26H13F8N3O2. The second-order valence-electron chi connectivity index (χ2n) is 7.94. The molecule has 0 radical (unpaired) electrons. The van der Waals surface area contributed by atoms with Crippen LogP contribution in [0.4, 0.5) is 35.1 Å². The molecule has 200 valence electrons. The number of hydrogen-bond donors (Lipinski definition) is 0. The van der Waals surface area contributed by atoms with Crippen LogP contribution in [0, 0.1) is 17.1 Å². The van der Waals surface area contributed by atoms with E-state index in [0.29, 0.717) is 6.07 Å². The van der Waals surface area contributed by atoms with Crippen molar-refractivity contribution in [1.82, 2.24) is 9.55 Å². The van der Waals surface area contributed by atoms with Gasteiger partial charge < -0.3 is 4.74 Å². The van der Waals surface area contributed by atoms with Gasteiger partial charge in [-0.25, -0.2) is 13.8 Å². The summed E-state index contributed by atoms with van der Waals surface area (Å²) < 4.78 is 116. The third-order valence-corrected chi connectivity index (χ3v) is 5.49. The van der Waals surface area contributed by atoms with E-state index in [9.17, 15) is 40.8 Å². The van der Waals surface area contributed by atoms with Gasteiger partial charge in [-0.2, -0.15) is 31.6 Å². The highest BCUT2D eigenvalue weighted by Crippen LogP contribution is 2.38. The minimum absolute atomic E-state index is 0.197. The molecule has 39 heavy (non-hydrogen) atoms. The summed E-state index contributed by atoms with van der Waals surface area (Å²) in [4.78, 5) is 16.5. The third kappa shape index (κ3) is 5.45. The maximum absolute atomic E-state index is 15.6. The van der Waals surface area contributed by atoms with Crippen LogP contribution in [-0.2, 0) is 12.4 Å². The lowest BCUT2D eigenvalue weighted by molar-refractivity contribution is -0.139. The smallest absolute Gasteiger partial charge is 0.421 e. The molecule has 4 rings (SSSR count). The molecule has 13 heteroatoms. The molecule has 0 aliphatic rings. The van der Waals surface area contributed by atoms with Crippen LogP contribution in [-0.4, -0.2) is 9.55 Å². The van der Waals surface area contributed by atoms with Crippen molar-refractivity contribution in [3.8, 4) is 29.0 Å². The fourth-order valence-corrected chi connectivity index (χ4v) is 3.70. The van der Waals surface area contributed by atoms with Gasteiger partial charge in [-0.15, -0.1) is 0 Å². The summed E-state index contributed by atoms with van der Waals surface area (Å²) in [5.41, 5.74) is -7.48. The predicted octanol–water partition coefficient (Wildman–Crippen LogP) is 7.27. The first-order valence-corrected chi connectivity index (χ1v) is 10.8. The molecule has 0 bridgehead atoms. The van der Waals surface area contributed by atoms with Crippen LogP contribution in [0.1, 0.15) is 28.5 Å². The lowest BCUT2D eigenvalue weighted by Gasteiger charge is -2.21. The monoisotopic (exact) mass is 551 g/mol. The van der Waals surface area contributed by atoms with Crippen LogP contribution in [0.5, 0.6) is 11.6 Å². The molecular weight excluding hydrogens is 538 g/mol. The van der Waals surface area contributed by atoms with E-state index in [-0.39, 0.29) is 15.9 Å². The molecule has 0 aliphatic carbocycles. The number of ether oxygens (including phenoxy) is 1. The van der Waals surface area contributed by atoms with Crippen LogP contribution in [0.15, 0.2) is 77.7 Å². The Labute approximate surface area is 214 Å². The molecule has 0 spiro atoms. The summed E-state index contributed by atoms with van der Waals surface area (Å²) in [5.74, 6) is -2.11. The predicted molar refractivity (Wildman–Crippen MR) is 121 cm³/mol. The van der Waals surface area contributed by atoms with Gasteiger partial charge >= 0.3 is 12.4 Å². The Morgan fingerprint density at radius 1 is 0.897 bits per heavy atom. The summed E-state index contributed by atoms with van der Waals surface area (Å²) in [6.45, 7) is 0. The van der Waals surface area contributed by atoms with Crippen molar-refractivity contribution in [3.63, 3.8) is 0 Å². The highest BCUT2D eigenvalue weighted by molar-refractivity contribution is 5.64. The molecule has 2 aromatic carbocycles. The summed E-state index contributed by atoms with van der Waals surface area (Å²) in [6.07, 6.45) is -11.6. The molecule has 0 saturated heterocycles. The van der Waals surface area contributed by atoms with Crippen LogP contribution in [0.3, 0.4) is 0 Å². The largest absolute Gasteiger partial charge is 0.438 e. The normalized spacial score (nSPS) is 12.6. The van der Waals surface area contributed by atoms with Gasteiger partial charge in [0, 0.05) is 11.8 Å². The molecule has 0 saturated carbocycles. The standard InChI is InChI=1S/C26H13F8N3O2/c27-20-6-2-1-4-16(20)22(28)37-21(12-19(26(32,33)34)17(13-35)24(37)38)14-7-9-15(10-8-14)39-23-18(25(29,30)31)5-3-11-36-23/h1-12,22H. The lowest BCUT2D eigenvalue weighted by Crippen LogP contribution is -2.30. The Morgan fingerprint density at radius 3 is 2.13 bits per heavy atom. The first kappa shape index (κ1) is 27.3. The molecule has 0 amide bonds. The summed E-state index contributed by atoms with van der Waals surface area (Å²) >= 11 is 0. The van der Waals surface area contributed by atoms with E-state index in [4.69, 9.17) is 4.74 Å². The number of alkyl halides is 7. The Bertz CT molecular complexity index is 1620. The van der Waals surface area contributed by atoms with Gasteiger partial charge in [0.1, 0.15) is 28.8 Å². The van der Waals surface area contributed by atoms with E-state index in [1.807, 2.05) is 0 Å². The lowest BCUT2D eigenvalue weighted by atomic mass is 10.0. The molecule has 1 unspecified atom stereocenters. The van der Waals surface area contributed by atoms with Crippen molar-refractivity contribution in [2.75, 3.05) is 0 Å². The molecule has 2 heterocycles. The SMILES string of the molecule is N#Cc1c(C(F)(F)F)cc(-c2ccc(Oc3ncccc3C(F)(F)F)cc2)n(C(F)c2ccccc2F)c1=O. The Kier molecular flexibility index (Phi) is 7.14.